The van der Waals surface area contributed by atoms with E-state index in [2.05, 4.69) is 10.1 Å². The number of aliphatic hydroxyl groups excluding tert-OH is 1. The Morgan fingerprint density at radius 1 is 1.44 bits per heavy atom. The number of hydrogen-bond donors (Lipinski definition) is 2. The number of rotatable bonds is 4. The molecule has 0 spiro atoms. The molecule has 1 saturated carbocycles. The summed E-state index contributed by atoms with van der Waals surface area (Å²) in [6.07, 6.45) is 3.73. The molecule has 5 nitrogen and oxygen atoms in total. The van der Waals surface area contributed by atoms with Gasteiger partial charge in [-0.05, 0) is 12.8 Å². The summed E-state index contributed by atoms with van der Waals surface area (Å²) in [5, 5.41) is 11.5. The lowest BCUT2D eigenvalue weighted by atomic mass is 9.87. The molecule has 0 aromatic rings. The zero-order chi connectivity index (χ0) is 12.2. The Morgan fingerprint density at radius 2 is 2.00 bits per heavy atom. The van der Waals surface area contributed by atoms with Gasteiger partial charge < -0.3 is 15.2 Å². The molecule has 1 rings (SSSR count). The fraction of sp³-hybridized carbons (Fsp3) is 0.818. The molecule has 92 valence electrons. The van der Waals surface area contributed by atoms with Gasteiger partial charge in [-0.1, -0.05) is 19.8 Å². The molecule has 0 aromatic carbocycles. The lowest BCUT2D eigenvalue weighted by molar-refractivity contribution is -0.147. The zero-order valence-electron chi connectivity index (χ0n) is 9.78. The van der Waals surface area contributed by atoms with Gasteiger partial charge in [0.2, 0.25) is 5.91 Å². The van der Waals surface area contributed by atoms with Crippen molar-refractivity contribution in [3.63, 3.8) is 0 Å². The van der Waals surface area contributed by atoms with E-state index in [9.17, 15) is 9.59 Å². The number of methoxy groups -OCH3 is 1. The van der Waals surface area contributed by atoms with Crippen LogP contribution in [-0.4, -0.2) is 36.7 Å². The second kappa shape index (κ2) is 5.30. The van der Waals surface area contributed by atoms with Crippen molar-refractivity contribution in [2.24, 2.45) is 5.41 Å². The lowest BCUT2D eigenvalue weighted by Crippen LogP contribution is -2.48. The molecule has 0 aliphatic heterocycles. The first-order valence-corrected chi connectivity index (χ1v) is 5.53. The van der Waals surface area contributed by atoms with Crippen LogP contribution < -0.4 is 5.32 Å². The van der Waals surface area contributed by atoms with E-state index in [0.717, 1.165) is 25.7 Å². The molecule has 5 heteroatoms. The molecule has 1 atom stereocenters. The minimum Gasteiger partial charge on any atom is -0.467 e. The first-order valence-electron chi connectivity index (χ1n) is 5.53. The molecule has 1 aliphatic carbocycles. The van der Waals surface area contributed by atoms with Crippen LogP contribution in [0.1, 0.15) is 32.6 Å². The van der Waals surface area contributed by atoms with Crippen molar-refractivity contribution < 1.29 is 19.4 Å². The molecule has 1 aliphatic rings. The monoisotopic (exact) mass is 229 g/mol. The fourth-order valence-electron chi connectivity index (χ4n) is 2.04. The van der Waals surface area contributed by atoms with Gasteiger partial charge in [0, 0.05) is 5.41 Å². The van der Waals surface area contributed by atoms with E-state index in [4.69, 9.17) is 5.11 Å². The van der Waals surface area contributed by atoms with Gasteiger partial charge in [-0.3, -0.25) is 4.79 Å². The Kier molecular flexibility index (Phi) is 4.29. The van der Waals surface area contributed by atoms with Crippen LogP contribution in [0.25, 0.3) is 0 Å². The van der Waals surface area contributed by atoms with E-state index in [1.165, 1.54) is 7.11 Å². The highest BCUT2D eigenvalue weighted by molar-refractivity contribution is 5.88. The molecular weight excluding hydrogens is 210 g/mol. The number of aliphatic hydroxyl groups is 1. The van der Waals surface area contributed by atoms with Gasteiger partial charge in [-0.25, -0.2) is 4.79 Å². The van der Waals surface area contributed by atoms with Gasteiger partial charge in [0.1, 0.15) is 0 Å². The minimum absolute atomic E-state index is 0.172. The maximum absolute atomic E-state index is 11.9. The van der Waals surface area contributed by atoms with Gasteiger partial charge in [-0.15, -0.1) is 0 Å². The Morgan fingerprint density at radius 3 is 2.44 bits per heavy atom. The molecule has 0 heterocycles. The SMILES string of the molecule is COC(=O)C(CO)NC(=O)C1(C)CCCC1. The van der Waals surface area contributed by atoms with Crippen LogP contribution in [0.3, 0.4) is 0 Å². The summed E-state index contributed by atoms with van der Waals surface area (Å²) in [7, 11) is 1.23. The van der Waals surface area contributed by atoms with E-state index in [0.29, 0.717) is 0 Å². The van der Waals surface area contributed by atoms with E-state index < -0.39 is 24.0 Å². The highest BCUT2D eigenvalue weighted by Crippen LogP contribution is 2.37. The maximum atomic E-state index is 11.9. The van der Waals surface area contributed by atoms with E-state index in [1.54, 1.807) is 0 Å². The summed E-state index contributed by atoms with van der Waals surface area (Å²) in [5.74, 6) is -0.785. The molecular formula is C11H19NO4. The van der Waals surface area contributed by atoms with Crippen LogP contribution in [0.4, 0.5) is 0 Å². The quantitative estimate of drug-likeness (QED) is 0.676. The number of carbonyl (C=O) groups is 2. The Hall–Kier alpha value is -1.10. The van der Waals surface area contributed by atoms with E-state index >= 15 is 0 Å². The number of ether oxygens (including phenoxy) is 1. The fourth-order valence-corrected chi connectivity index (χ4v) is 2.04. The molecule has 1 amide bonds. The zero-order valence-corrected chi connectivity index (χ0v) is 9.78. The van der Waals surface area contributed by atoms with Crippen LogP contribution >= 0.6 is 0 Å². The van der Waals surface area contributed by atoms with Crippen LogP contribution in [0, 0.1) is 5.41 Å². The van der Waals surface area contributed by atoms with Crippen molar-refractivity contribution >= 4 is 11.9 Å². The summed E-state index contributed by atoms with van der Waals surface area (Å²) in [6, 6.07) is -0.949. The van der Waals surface area contributed by atoms with Gasteiger partial charge >= 0.3 is 5.97 Å². The standard InChI is InChI=1S/C11H19NO4/c1-11(5-3-4-6-11)10(15)12-8(7-13)9(14)16-2/h8,13H,3-7H2,1-2H3,(H,12,15). The van der Waals surface area contributed by atoms with Crippen LogP contribution in [-0.2, 0) is 14.3 Å². The summed E-state index contributed by atoms with van der Waals surface area (Å²) < 4.78 is 4.49. The molecule has 1 fully saturated rings. The van der Waals surface area contributed by atoms with Gasteiger partial charge in [-0.2, -0.15) is 0 Å². The predicted octanol–water partition coefficient (Wildman–Crippen LogP) is 0.217. The molecule has 16 heavy (non-hydrogen) atoms. The predicted molar refractivity (Wildman–Crippen MR) is 57.6 cm³/mol. The number of hydrogen-bond acceptors (Lipinski definition) is 4. The first-order chi connectivity index (χ1) is 7.53. The average molecular weight is 229 g/mol. The highest BCUT2D eigenvalue weighted by Gasteiger charge is 2.38. The second-order valence-electron chi connectivity index (χ2n) is 4.50. The van der Waals surface area contributed by atoms with Crippen molar-refractivity contribution in [3.8, 4) is 0 Å². The summed E-state index contributed by atoms with van der Waals surface area (Å²) >= 11 is 0. The molecule has 2 N–H and O–H groups in total. The minimum atomic E-state index is -0.949. The van der Waals surface area contributed by atoms with Crippen LogP contribution in [0.5, 0.6) is 0 Å². The van der Waals surface area contributed by atoms with Crippen molar-refractivity contribution in [3.05, 3.63) is 0 Å². The number of nitrogens with one attached hydrogen (secondary N) is 1. The average Bonchev–Trinajstić information content (AvgIpc) is 2.73. The molecule has 0 radical (unpaired) electrons. The van der Waals surface area contributed by atoms with Gasteiger partial charge in [0.05, 0.1) is 13.7 Å². The third kappa shape index (κ3) is 2.72. The summed E-state index contributed by atoms with van der Waals surface area (Å²) in [5.41, 5.74) is -0.401. The normalized spacial score (nSPS) is 20.2. The molecule has 0 bridgehead atoms. The number of amides is 1. The van der Waals surface area contributed by atoms with Crippen molar-refractivity contribution in [1.29, 1.82) is 0 Å². The van der Waals surface area contributed by atoms with Crippen molar-refractivity contribution in [2.45, 2.75) is 38.6 Å². The van der Waals surface area contributed by atoms with E-state index in [-0.39, 0.29) is 5.91 Å². The largest absolute Gasteiger partial charge is 0.467 e. The van der Waals surface area contributed by atoms with Gasteiger partial charge in [0.25, 0.3) is 0 Å². The summed E-state index contributed by atoms with van der Waals surface area (Å²) in [4.78, 5) is 23.1. The molecule has 0 aromatic heterocycles. The maximum Gasteiger partial charge on any atom is 0.330 e. The lowest BCUT2D eigenvalue weighted by Gasteiger charge is -2.24. The third-order valence-corrected chi connectivity index (χ3v) is 3.23. The molecule has 0 saturated heterocycles. The van der Waals surface area contributed by atoms with Crippen molar-refractivity contribution in [2.75, 3.05) is 13.7 Å². The Balaban J connectivity index is 2.58. The topological polar surface area (TPSA) is 75.6 Å². The Bertz CT molecular complexity index is 271. The van der Waals surface area contributed by atoms with Crippen molar-refractivity contribution in [1.82, 2.24) is 5.32 Å². The highest BCUT2D eigenvalue weighted by atomic mass is 16.5. The van der Waals surface area contributed by atoms with Crippen LogP contribution in [0.15, 0.2) is 0 Å². The first kappa shape index (κ1) is 13.0. The Labute approximate surface area is 95.2 Å². The van der Waals surface area contributed by atoms with Crippen LogP contribution in [0.2, 0.25) is 0 Å². The van der Waals surface area contributed by atoms with Gasteiger partial charge in [0.15, 0.2) is 6.04 Å². The smallest absolute Gasteiger partial charge is 0.330 e. The number of carbonyl (C=O) groups excluding carboxylic acids is 2. The third-order valence-electron chi connectivity index (χ3n) is 3.23. The molecule has 1 unspecified atom stereocenters. The summed E-state index contributed by atoms with van der Waals surface area (Å²) in [6.45, 7) is 1.45. The number of esters is 1. The second-order valence-corrected chi connectivity index (χ2v) is 4.50. The van der Waals surface area contributed by atoms with E-state index in [1.807, 2.05) is 6.92 Å².